The van der Waals surface area contributed by atoms with Crippen LogP contribution in [0.2, 0.25) is 0 Å². The van der Waals surface area contributed by atoms with E-state index in [4.69, 9.17) is 4.74 Å². The van der Waals surface area contributed by atoms with Gasteiger partial charge in [-0.2, -0.15) is 0 Å². The normalized spacial score (nSPS) is 11.5. The second-order valence-corrected chi connectivity index (χ2v) is 7.15. The highest BCUT2D eigenvalue weighted by Gasteiger charge is 2.19. The van der Waals surface area contributed by atoms with Crippen LogP contribution < -0.4 is 10.2 Å². The molecule has 0 atom stereocenters. The summed E-state index contributed by atoms with van der Waals surface area (Å²) in [7, 11) is -3.96. The van der Waals surface area contributed by atoms with Crippen molar-refractivity contribution < 1.29 is 22.8 Å². The van der Waals surface area contributed by atoms with Crippen LogP contribution in [0.3, 0.4) is 0 Å². The number of carbonyl (C=O) groups is 1. The molecule has 124 valence electrons. The SMILES string of the molecule is CC(C)NCCCOC(=O)ONS(=O)(=O)c1ccccc1Br. The Morgan fingerprint density at radius 1 is 1.32 bits per heavy atom. The van der Waals surface area contributed by atoms with Crippen LogP contribution in [0.1, 0.15) is 20.3 Å². The van der Waals surface area contributed by atoms with Gasteiger partial charge in [0, 0.05) is 10.5 Å². The van der Waals surface area contributed by atoms with Crippen LogP contribution in [0.15, 0.2) is 33.6 Å². The standard InChI is InChI=1S/C13H19BrN2O5S/c1-10(2)15-8-5-9-20-13(17)21-16-22(18,19)12-7-4-3-6-11(12)14/h3-4,6-7,10,15-16H,5,8-9H2,1-2H3. The number of hydrogen-bond acceptors (Lipinski definition) is 6. The molecule has 0 bridgehead atoms. The summed E-state index contributed by atoms with van der Waals surface area (Å²) in [4.78, 5) is 17.4. The Kier molecular flexibility index (Phi) is 7.80. The third-order valence-corrected chi connectivity index (χ3v) is 4.65. The van der Waals surface area contributed by atoms with Crippen LogP contribution in [0, 0.1) is 0 Å². The smallest absolute Gasteiger partial charge is 0.433 e. The highest BCUT2D eigenvalue weighted by atomic mass is 79.9. The maximum absolute atomic E-state index is 11.9. The number of ether oxygens (including phenoxy) is 1. The molecular formula is C13H19BrN2O5S. The summed E-state index contributed by atoms with van der Waals surface area (Å²) in [5.74, 6) is 0. The number of nitrogens with one attached hydrogen (secondary N) is 2. The summed E-state index contributed by atoms with van der Waals surface area (Å²) in [5, 5.41) is 3.15. The molecule has 0 spiro atoms. The minimum absolute atomic E-state index is 0.0380. The van der Waals surface area contributed by atoms with E-state index >= 15 is 0 Å². The summed E-state index contributed by atoms with van der Waals surface area (Å²) in [5.41, 5.74) is 0. The molecular weight excluding hydrogens is 376 g/mol. The first-order valence-corrected chi connectivity index (χ1v) is 8.94. The van der Waals surface area contributed by atoms with Crippen LogP contribution in [0.25, 0.3) is 0 Å². The molecule has 0 saturated carbocycles. The molecule has 1 aromatic carbocycles. The Morgan fingerprint density at radius 2 is 2.00 bits per heavy atom. The summed E-state index contributed by atoms with van der Waals surface area (Å²) in [6.07, 6.45) is -0.496. The first-order valence-electron chi connectivity index (χ1n) is 6.66. The molecule has 0 aliphatic rings. The van der Waals surface area contributed by atoms with Crippen molar-refractivity contribution in [3.8, 4) is 0 Å². The molecule has 0 fully saturated rings. The van der Waals surface area contributed by atoms with E-state index in [9.17, 15) is 13.2 Å². The van der Waals surface area contributed by atoms with Crippen molar-refractivity contribution in [1.29, 1.82) is 0 Å². The molecule has 1 rings (SSSR count). The van der Waals surface area contributed by atoms with Gasteiger partial charge >= 0.3 is 6.16 Å². The maximum Gasteiger partial charge on any atom is 0.528 e. The van der Waals surface area contributed by atoms with Gasteiger partial charge in [-0.05, 0) is 45.9 Å². The first-order chi connectivity index (χ1) is 10.3. The van der Waals surface area contributed by atoms with Gasteiger partial charge in [0.05, 0.1) is 11.5 Å². The molecule has 1 aromatic rings. The van der Waals surface area contributed by atoms with Gasteiger partial charge in [-0.1, -0.05) is 26.0 Å². The molecule has 0 aliphatic heterocycles. The molecule has 0 aromatic heterocycles. The molecule has 0 aliphatic carbocycles. The third kappa shape index (κ3) is 6.73. The zero-order valence-corrected chi connectivity index (χ0v) is 14.7. The zero-order valence-electron chi connectivity index (χ0n) is 12.3. The fourth-order valence-corrected chi connectivity index (χ4v) is 3.22. The van der Waals surface area contributed by atoms with Gasteiger partial charge in [0.15, 0.2) is 0 Å². The Labute approximate surface area is 138 Å². The van der Waals surface area contributed by atoms with E-state index in [2.05, 4.69) is 26.1 Å². The van der Waals surface area contributed by atoms with Gasteiger partial charge in [0.1, 0.15) is 0 Å². The largest absolute Gasteiger partial charge is 0.528 e. The number of hydrogen-bond donors (Lipinski definition) is 2. The Morgan fingerprint density at radius 3 is 2.64 bits per heavy atom. The fourth-order valence-electron chi connectivity index (χ4n) is 1.44. The predicted molar refractivity (Wildman–Crippen MR) is 84.7 cm³/mol. The average molecular weight is 395 g/mol. The van der Waals surface area contributed by atoms with E-state index in [0.29, 0.717) is 23.5 Å². The lowest BCUT2D eigenvalue weighted by Gasteiger charge is -2.09. The quantitative estimate of drug-likeness (QED) is 0.398. The summed E-state index contributed by atoms with van der Waals surface area (Å²) >= 11 is 3.11. The minimum Gasteiger partial charge on any atom is -0.433 e. The van der Waals surface area contributed by atoms with Gasteiger partial charge in [0.25, 0.3) is 10.0 Å². The fraction of sp³-hybridized carbons (Fsp3) is 0.462. The molecule has 7 nitrogen and oxygen atoms in total. The van der Waals surface area contributed by atoms with Crippen molar-refractivity contribution in [3.05, 3.63) is 28.7 Å². The first kappa shape index (κ1) is 18.9. The van der Waals surface area contributed by atoms with Gasteiger partial charge in [-0.3, -0.25) is 0 Å². The third-order valence-electron chi connectivity index (χ3n) is 2.45. The lowest BCUT2D eigenvalue weighted by Crippen LogP contribution is -2.29. The van der Waals surface area contributed by atoms with E-state index in [1.54, 1.807) is 23.1 Å². The van der Waals surface area contributed by atoms with E-state index < -0.39 is 16.2 Å². The lowest BCUT2D eigenvalue weighted by atomic mass is 10.3. The number of benzene rings is 1. The summed E-state index contributed by atoms with van der Waals surface area (Å²) in [6.45, 7) is 4.83. The van der Waals surface area contributed by atoms with Crippen molar-refractivity contribution in [1.82, 2.24) is 10.2 Å². The van der Waals surface area contributed by atoms with Crippen molar-refractivity contribution in [3.63, 3.8) is 0 Å². The maximum atomic E-state index is 11.9. The van der Waals surface area contributed by atoms with Crippen LogP contribution >= 0.6 is 15.9 Å². The van der Waals surface area contributed by atoms with Gasteiger partial charge in [-0.25, -0.2) is 13.2 Å². The van der Waals surface area contributed by atoms with Crippen LogP contribution in [-0.2, 0) is 19.6 Å². The van der Waals surface area contributed by atoms with E-state index in [1.807, 2.05) is 13.8 Å². The Balaban J connectivity index is 2.36. The van der Waals surface area contributed by atoms with Crippen molar-refractivity contribution in [2.75, 3.05) is 13.2 Å². The highest BCUT2D eigenvalue weighted by Crippen LogP contribution is 2.20. The average Bonchev–Trinajstić information content (AvgIpc) is 2.45. The Bertz CT molecular complexity index is 592. The van der Waals surface area contributed by atoms with Crippen molar-refractivity contribution in [2.24, 2.45) is 0 Å². The van der Waals surface area contributed by atoms with Gasteiger partial charge < -0.3 is 14.9 Å². The number of sulfonamides is 1. The molecule has 9 heteroatoms. The van der Waals surface area contributed by atoms with Gasteiger partial charge in [0.2, 0.25) is 0 Å². The molecule has 22 heavy (non-hydrogen) atoms. The molecule has 0 saturated heterocycles. The molecule has 0 radical (unpaired) electrons. The monoisotopic (exact) mass is 394 g/mol. The number of carbonyl (C=O) groups excluding carboxylic acids is 1. The van der Waals surface area contributed by atoms with Crippen LogP contribution in [0.5, 0.6) is 0 Å². The van der Waals surface area contributed by atoms with E-state index in [0.717, 1.165) is 0 Å². The highest BCUT2D eigenvalue weighted by molar-refractivity contribution is 9.10. The zero-order chi connectivity index (χ0) is 16.6. The minimum atomic E-state index is -3.96. The van der Waals surface area contributed by atoms with Crippen molar-refractivity contribution in [2.45, 2.75) is 31.2 Å². The number of rotatable bonds is 8. The molecule has 0 heterocycles. The van der Waals surface area contributed by atoms with Crippen molar-refractivity contribution >= 4 is 32.1 Å². The van der Waals surface area contributed by atoms with Gasteiger partial charge in [-0.15, -0.1) is 0 Å². The predicted octanol–water partition coefficient (Wildman–Crippen LogP) is 2.18. The van der Waals surface area contributed by atoms with E-state index in [1.165, 1.54) is 6.07 Å². The lowest BCUT2D eigenvalue weighted by molar-refractivity contribution is 0.0387. The van der Waals surface area contributed by atoms with E-state index in [-0.39, 0.29) is 11.5 Å². The van der Waals surface area contributed by atoms with Crippen LogP contribution in [-0.4, -0.2) is 33.8 Å². The second kappa shape index (κ2) is 9.09. The second-order valence-electron chi connectivity index (χ2n) is 4.68. The Hall–Kier alpha value is -1.16. The van der Waals surface area contributed by atoms with Crippen LogP contribution in [0.4, 0.5) is 4.79 Å². The molecule has 0 unspecified atom stereocenters. The summed E-state index contributed by atoms with van der Waals surface area (Å²) < 4.78 is 29.0. The number of halogens is 1. The molecule has 2 N–H and O–H groups in total. The topological polar surface area (TPSA) is 93.7 Å². The summed E-state index contributed by atoms with van der Waals surface area (Å²) in [6, 6.07) is 6.51. The molecule has 0 amide bonds.